The smallest absolute Gasteiger partial charge is 0.270 e. The highest BCUT2D eigenvalue weighted by Crippen LogP contribution is 2.36. The zero-order valence-corrected chi connectivity index (χ0v) is 18.9. The van der Waals surface area contributed by atoms with E-state index in [1.54, 1.807) is 18.2 Å². The SMILES string of the molecule is C=NCc1cc(Cl)cc(Oc2c(Cl)ccc(Cc3nnc(-c4cccc([N+](=O)[O-])c4)o3)c2F)c1. The molecule has 8 nitrogen and oxygen atoms in total. The summed E-state index contributed by atoms with van der Waals surface area (Å²) in [6.45, 7) is 3.76. The van der Waals surface area contributed by atoms with Crippen LogP contribution in [0.15, 0.2) is 64.0 Å². The summed E-state index contributed by atoms with van der Waals surface area (Å²) < 4.78 is 26.6. The lowest BCUT2D eigenvalue weighted by atomic mass is 10.1. The Morgan fingerprint density at radius 1 is 1.15 bits per heavy atom. The fraction of sp³-hybridized carbons (Fsp3) is 0.0870. The van der Waals surface area contributed by atoms with Crippen LogP contribution in [0.25, 0.3) is 11.5 Å². The molecule has 172 valence electrons. The minimum atomic E-state index is -0.703. The van der Waals surface area contributed by atoms with Crippen molar-refractivity contribution in [3.8, 4) is 23.0 Å². The first-order chi connectivity index (χ1) is 16.3. The Morgan fingerprint density at radius 3 is 2.74 bits per heavy atom. The molecule has 0 aliphatic rings. The highest BCUT2D eigenvalue weighted by molar-refractivity contribution is 6.32. The monoisotopic (exact) mass is 500 g/mol. The van der Waals surface area contributed by atoms with Crippen molar-refractivity contribution >= 4 is 35.6 Å². The molecule has 0 radical (unpaired) electrons. The van der Waals surface area contributed by atoms with Crippen molar-refractivity contribution in [1.82, 2.24) is 10.2 Å². The van der Waals surface area contributed by atoms with E-state index < -0.39 is 10.7 Å². The Hall–Kier alpha value is -3.82. The molecule has 0 N–H and O–H groups in total. The van der Waals surface area contributed by atoms with Crippen molar-refractivity contribution in [1.29, 1.82) is 0 Å². The maximum absolute atomic E-state index is 15.3. The first kappa shape index (κ1) is 23.3. The minimum Gasteiger partial charge on any atom is -0.453 e. The van der Waals surface area contributed by atoms with E-state index in [0.29, 0.717) is 17.1 Å². The van der Waals surface area contributed by atoms with Gasteiger partial charge in [-0.2, -0.15) is 0 Å². The third kappa shape index (κ3) is 5.22. The number of hydrogen-bond donors (Lipinski definition) is 0. The van der Waals surface area contributed by atoms with Gasteiger partial charge in [0.25, 0.3) is 5.69 Å². The number of nitro benzene ring substituents is 1. The lowest BCUT2D eigenvalue weighted by Crippen LogP contribution is -1.98. The van der Waals surface area contributed by atoms with Crippen LogP contribution in [0.1, 0.15) is 17.0 Å². The quantitative estimate of drug-likeness (QED) is 0.152. The van der Waals surface area contributed by atoms with E-state index in [0.717, 1.165) is 5.56 Å². The second-order valence-corrected chi connectivity index (χ2v) is 7.96. The number of ether oxygens (including phenoxy) is 1. The van der Waals surface area contributed by atoms with Crippen molar-refractivity contribution < 1.29 is 18.5 Å². The number of hydrogen-bond acceptors (Lipinski definition) is 7. The van der Waals surface area contributed by atoms with Crippen LogP contribution in [-0.2, 0) is 13.0 Å². The lowest BCUT2D eigenvalue weighted by molar-refractivity contribution is -0.384. The summed E-state index contributed by atoms with van der Waals surface area (Å²) in [4.78, 5) is 14.3. The molecule has 0 fully saturated rings. The molecule has 0 spiro atoms. The molecule has 0 aliphatic heterocycles. The van der Waals surface area contributed by atoms with E-state index in [-0.39, 0.29) is 46.0 Å². The van der Waals surface area contributed by atoms with Crippen molar-refractivity contribution in [3.63, 3.8) is 0 Å². The van der Waals surface area contributed by atoms with Gasteiger partial charge < -0.3 is 9.15 Å². The van der Waals surface area contributed by atoms with E-state index in [9.17, 15) is 10.1 Å². The zero-order chi connectivity index (χ0) is 24.2. The molecule has 0 bridgehead atoms. The molecule has 1 aromatic heterocycles. The highest BCUT2D eigenvalue weighted by atomic mass is 35.5. The van der Waals surface area contributed by atoms with Gasteiger partial charge in [-0.1, -0.05) is 35.3 Å². The molecule has 1 heterocycles. The average Bonchev–Trinajstić information content (AvgIpc) is 3.27. The van der Waals surface area contributed by atoms with Crippen LogP contribution in [0, 0.1) is 15.9 Å². The van der Waals surface area contributed by atoms with Crippen LogP contribution >= 0.6 is 23.2 Å². The molecule has 4 rings (SSSR count). The Labute approximate surface area is 202 Å². The Kier molecular flexibility index (Phi) is 6.85. The number of rotatable bonds is 8. The number of nitrogens with zero attached hydrogens (tertiary/aromatic N) is 4. The topological polar surface area (TPSA) is 104 Å². The summed E-state index contributed by atoms with van der Waals surface area (Å²) in [6.07, 6.45) is -0.0531. The van der Waals surface area contributed by atoms with Gasteiger partial charge >= 0.3 is 0 Å². The maximum Gasteiger partial charge on any atom is 0.270 e. The van der Waals surface area contributed by atoms with Gasteiger partial charge in [0.2, 0.25) is 11.8 Å². The van der Waals surface area contributed by atoms with E-state index >= 15 is 4.39 Å². The van der Waals surface area contributed by atoms with E-state index in [1.165, 1.54) is 36.4 Å². The number of non-ortho nitro benzene ring substituents is 1. The van der Waals surface area contributed by atoms with Crippen molar-refractivity contribution in [3.05, 3.63) is 97.6 Å². The van der Waals surface area contributed by atoms with Gasteiger partial charge in [0.1, 0.15) is 5.75 Å². The van der Waals surface area contributed by atoms with Crippen LogP contribution in [-0.4, -0.2) is 21.8 Å². The third-order valence-electron chi connectivity index (χ3n) is 4.69. The number of halogens is 3. The summed E-state index contributed by atoms with van der Waals surface area (Å²) in [5.41, 5.74) is 1.20. The first-order valence-corrected chi connectivity index (χ1v) is 10.5. The Balaban J connectivity index is 1.59. The minimum absolute atomic E-state index is 0.0531. The second kappa shape index (κ2) is 9.98. The zero-order valence-electron chi connectivity index (χ0n) is 17.4. The van der Waals surface area contributed by atoms with Crippen molar-refractivity contribution in [2.24, 2.45) is 4.99 Å². The average molecular weight is 501 g/mol. The molecular weight excluding hydrogens is 486 g/mol. The molecule has 0 saturated heterocycles. The van der Waals surface area contributed by atoms with Crippen LogP contribution in [0.5, 0.6) is 11.5 Å². The molecule has 34 heavy (non-hydrogen) atoms. The summed E-state index contributed by atoms with van der Waals surface area (Å²) >= 11 is 12.3. The van der Waals surface area contributed by atoms with E-state index in [1.807, 2.05) is 0 Å². The van der Waals surface area contributed by atoms with Gasteiger partial charge in [0.15, 0.2) is 11.6 Å². The predicted octanol–water partition coefficient (Wildman–Crippen LogP) is 6.67. The molecule has 0 aliphatic carbocycles. The normalized spacial score (nSPS) is 10.8. The molecule has 4 aromatic rings. The van der Waals surface area contributed by atoms with Crippen molar-refractivity contribution in [2.45, 2.75) is 13.0 Å². The summed E-state index contributed by atoms with van der Waals surface area (Å²) in [5, 5.41) is 19.3. The molecular formula is C23H15Cl2FN4O4. The molecule has 0 saturated carbocycles. The van der Waals surface area contributed by atoms with Gasteiger partial charge in [-0.05, 0) is 42.6 Å². The standard InChI is InChI=1S/C23H15Cl2FN4O4/c1-27-12-13-7-16(24)11-18(8-13)33-22-19(25)6-5-14(21(22)26)10-20-28-29-23(34-20)15-3-2-4-17(9-15)30(31)32/h2-9,11H,1,10,12H2. The molecule has 11 heteroatoms. The Morgan fingerprint density at radius 2 is 1.97 bits per heavy atom. The van der Waals surface area contributed by atoms with E-state index in [4.69, 9.17) is 32.4 Å². The number of benzene rings is 3. The van der Waals surface area contributed by atoms with Gasteiger partial charge in [0.05, 0.1) is 22.9 Å². The van der Waals surface area contributed by atoms with Crippen LogP contribution in [0.2, 0.25) is 10.0 Å². The summed E-state index contributed by atoms with van der Waals surface area (Å²) in [6, 6.07) is 13.6. The highest BCUT2D eigenvalue weighted by Gasteiger charge is 2.19. The summed E-state index contributed by atoms with van der Waals surface area (Å²) in [5.74, 6) is -0.416. The fourth-order valence-electron chi connectivity index (χ4n) is 3.18. The van der Waals surface area contributed by atoms with Crippen LogP contribution in [0.4, 0.5) is 10.1 Å². The van der Waals surface area contributed by atoms with Gasteiger partial charge in [-0.25, -0.2) is 4.39 Å². The third-order valence-corrected chi connectivity index (χ3v) is 5.20. The molecule has 0 amide bonds. The fourth-order valence-corrected chi connectivity index (χ4v) is 3.61. The van der Waals surface area contributed by atoms with Gasteiger partial charge in [-0.3, -0.25) is 15.1 Å². The largest absolute Gasteiger partial charge is 0.453 e. The summed E-state index contributed by atoms with van der Waals surface area (Å²) in [7, 11) is 0. The van der Waals surface area contributed by atoms with Gasteiger partial charge in [0, 0.05) is 28.3 Å². The van der Waals surface area contributed by atoms with Gasteiger partial charge in [-0.15, -0.1) is 10.2 Å². The first-order valence-electron chi connectivity index (χ1n) is 9.78. The van der Waals surface area contributed by atoms with Crippen LogP contribution < -0.4 is 4.74 Å². The predicted molar refractivity (Wildman–Crippen MR) is 125 cm³/mol. The molecule has 3 aromatic carbocycles. The molecule has 0 atom stereocenters. The lowest BCUT2D eigenvalue weighted by Gasteiger charge is -2.12. The van der Waals surface area contributed by atoms with E-state index in [2.05, 4.69) is 21.9 Å². The Bertz CT molecular complexity index is 1390. The number of nitro groups is 1. The molecule has 0 unspecified atom stereocenters. The number of aromatic nitrogens is 2. The number of aliphatic imine (C=N–C) groups is 1. The maximum atomic E-state index is 15.3. The van der Waals surface area contributed by atoms with Crippen molar-refractivity contribution in [2.75, 3.05) is 0 Å². The second-order valence-electron chi connectivity index (χ2n) is 7.11. The van der Waals surface area contributed by atoms with Crippen LogP contribution in [0.3, 0.4) is 0 Å².